The molecule has 0 aliphatic rings. The maximum atomic E-state index is 11.9. The topological polar surface area (TPSA) is 73.6 Å². The first-order valence-corrected chi connectivity index (χ1v) is 8.33. The lowest BCUT2D eigenvalue weighted by Crippen LogP contribution is -2.28. The number of hydrogen-bond donors (Lipinski definition) is 2. The average molecular weight is 359 g/mol. The van der Waals surface area contributed by atoms with Crippen molar-refractivity contribution in [2.75, 3.05) is 13.7 Å². The van der Waals surface area contributed by atoms with E-state index < -0.39 is 0 Å². The SMILES string of the molecule is CCCCOc1ccc(C(C)NC(=O)CCC(C)N)cc1OC.Cl. The Balaban J connectivity index is 0.00000529. The molecule has 1 amide bonds. The molecule has 0 spiro atoms. The summed E-state index contributed by atoms with van der Waals surface area (Å²) in [7, 11) is 1.62. The lowest BCUT2D eigenvalue weighted by atomic mass is 10.1. The Morgan fingerprint density at radius 1 is 1.29 bits per heavy atom. The summed E-state index contributed by atoms with van der Waals surface area (Å²) in [6, 6.07) is 5.72. The minimum atomic E-state index is -0.0887. The monoisotopic (exact) mass is 358 g/mol. The van der Waals surface area contributed by atoms with E-state index in [9.17, 15) is 4.79 Å². The third-order valence-electron chi connectivity index (χ3n) is 3.65. The van der Waals surface area contributed by atoms with Crippen LogP contribution >= 0.6 is 12.4 Å². The Hall–Kier alpha value is -1.46. The van der Waals surface area contributed by atoms with Gasteiger partial charge in [0.1, 0.15) is 0 Å². The summed E-state index contributed by atoms with van der Waals surface area (Å²) in [4.78, 5) is 11.9. The van der Waals surface area contributed by atoms with Gasteiger partial charge in [0.25, 0.3) is 0 Å². The normalized spacial score (nSPS) is 12.7. The molecule has 0 fully saturated rings. The average Bonchev–Trinajstić information content (AvgIpc) is 2.53. The van der Waals surface area contributed by atoms with Crippen molar-refractivity contribution in [1.82, 2.24) is 5.32 Å². The van der Waals surface area contributed by atoms with Crippen LogP contribution in [0.2, 0.25) is 0 Å². The molecule has 0 bridgehead atoms. The van der Waals surface area contributed by atoms with E-state index in [4.69, 9.17) is 15.2 Å². The molecule has 138 valence electrons. The van der Waals surface area contributed by atoms with Gasteiger partial charge in [-0.15, -0.1) is 12.4 Å². The van der Waals surface area contributed by atoms with Gasteiger partial charge in [-0.2, -0.15) is 0 Å². The van der Waals surface area contributed by atoms with Crippen molar-refractivity contribution in [2.24, 2.45) is 5.73 Å². The number of unbranched alkanes of at least 4 members (excludes halogenated alkanes) is 1. The predicted octanol–water partition coefficient (Wildman–Crippen LogP) is 3.60. The molecule has 0 aromatic heterocycles. The van der Waals surface area contributed by atoms with E-state index in [1.807, 2.05) is 32.0 Å². The van der Waals surface area contributed by atoms with Crippen molar-refractivity contribution in [1.29, 1.82) is 0 Å². The van der Waals surface area contributed by atoms with Gasteiger partial charge in [-0.3, -0.25) is 4.79 Å². The van der Waals surface area contributed by atoms with Gasteiger partial charge >= 0.3 is 0 Å². The molecular weight excluding hydrogens is 328 g/mol. The van der Waals surface area contributed by atoms with E-state index in [2.05, 4.69) is 12.2 Å². The van der Waals surface area contributed by atoms with Gasteiger partial charge in [0.15, 0.2) is 11.5 Å². The molecule has 24 heavy (non-hydrogen) atoms. The van der Waals surface area contributed by atoms with Crippen molar-refractivity contribution < 1.29 is 14.3 Å². The number of benzene rings is 1. The molecule has 3 N–H and O–H groups in total. The highest BCUT2D eigenvalue weighted by molar-refractivity contribution is 5.85. The number of hydrogen-bond acceptors (Lipinski definition) is 4. The number of methoxy groups -OCH3 is 1. The highest BCUT2D eigenvalue weighted by Crippen LogP contribution is 2.30. The van der Waals surface area contributed by atoms with E-state index in [1.165, 1.54) is 0 Å². The standard InChI is InChI=1S/C18H30N2O3.ClH/c1-5-6-11-23-16-9-8-15(12-17(16)22-4)14(3)20-18(21)10-7-13(2)19;/h8-9,12-14H,5-7,10-11,19H2,1-4H3,(H,20,21);1H. The lowest BCUT2D eigenvalue weighted by Gasteiger charge is -2.17. The van der Waals surface area contributed by atoms with Crippen LogP contribution < -0.4 is 20.5 Å². The van der Waals surface area contributed by atoms with E-state index >= 15 is 0 Å². The Morgan fingerprint density at radius 2 is 2.00 bits per heavy atom. The van der Waals surface area contributed by atoms with Crippen LogP contribution in [0, 0.1) is 0 Å². The number of amides is 1. The second-order valence-electron chi connectivity index (χ2n) is 5.92. The summed E-state index contributed by atoms with van der Waals surface area (Å²) in [5.41, 5.74) is 6.66. The largest absolute Gasteiger partial charge is 0.493 e. The molecule has 0 saturated carbocycles. The Bertz CT molecular complexity index is 495. The van der Waals surface area contributed by atoms with Crippen molar-refractivity contribution in [3.63, 3.8) is 0 Å². The number of rotatable bonds is 10. The van der Waals surface area contributed by atoms with Crippen molar-refractivity contribution in [3.8, 4) is 11.5 Å². The Labute approximate surface area is 151 Å². The zero-order chi connectivity index (χ0) is 17.2. The predicted molar refractivity (Wildman–Crippen MR) is 100 cm³/mol. The molecule has 0 aliphatic carbocycles. The number of nitrogens with two attached hydrogens (primary N) is 1. The third-order valence-corrected chi connectivity index (χ3v) is 3.65. The fourth-order valence-corrected chi connectivity index (χ4v) is 2.15. The van der Waals surface area contributed by atoms with Crippen LogP contribution in [-0.2, 0) is 4.79 Å². The summed E-state index contributed by atoms with van der Waals surface area (Å²) >= 11 is 0. The first-order chi connectivity index (χ1) is 11.0. The molecule has 0 radical (unpaired) electrons. The van der Waals surface area contributed by atoms with E-state index in [1.54, 1.807) is 7.11 Å². The molecule has 0 heterocycles. The van der Waals surface area contributed by atoms with Gasteiger partial charge in [-0.25, -0.2) is 0 Å². The van der Waals surface area contributed by atoms with Gasteiger partial charge < -0.3 is 20.5 Å². The molecule has 6 heteroatoms. The molecule has 2 atom stereocenters. The summed E-state index contributed by atoms with van der Waals surface area (Å²) in [5.74, 6) is 1.44. The Morgan fingerprint density at radius 3 is 2.58 bits per heavy atom. The third kappa shape index (κ3) is 7.88. The van der Waals surface area contributed by atoms with Gasteiger partial charge in [0.2, 0.25) is 5.91 Å². The van der Waals surface area contributed by atoms with Crippen molar-refractivity contribution in [2.45, 2.75) is 58.5 Å². The maximum absolute atomic E-state index is 11.9. The first kappa shape index (κ1) is 22.5. The van der Waals surface area contributed by atoms with Crippen LogP contribution in [0.5, 0.6) is 11.5 Å². The minimum Gasteiger partial charge on any atom is -0.493 e. The zero-order valence-corrected chi connectivity index (χ0v) is 15.9. The molecule has 1 rings (SSSR count). The van der Waals surface area contributed by atoms with Crippen LogP contribution in [0.15, 0.2) is 18.2 Å². The number of ether oxygens (including phenoxy) is 2. The highest BCUT2D eigenvalue weighted by Gasteiger charge is 2.13. The van der Waals surface area contributed by atoms with Gasteiger partial charge in [0, 0.05) is 12.5 Å². The summed E-state index contributed by atoms with van der Waals surface area (Å²) in [5, 5.41) is 2.98. The van der Waals surface area contributed by atoms with Gasteiger partial charge in [-0.05, 0) is 44.4 Å². The number of carbonyl (C=O) groups is 1. The number of nitrogens with one attached hydrogen (secondary N) is 1. The summed E-state index contributed by atoms with van der Waals surface area (Å²) in [6.45, 7) is 6.66. The van der Waals surface area contributed by atoms with Gasteiger partial charge in [-0.1, -0.05) is 19.4 Å². The van der Waals surface area contributed by atoms with Crippen molar-refractivity contribution >= 4 is 18.3 Å². The van der Waals surface area contributed by atoms with Crippen molar-refractivity contribution in [3.05, 3.63) is 23.8 Å². The lowest BCUT2D eigenvalue weighted by molar-refractivity contribution is -0.121. The van der Waals surface area contributed by atoms with Crippen LogP contribution in [-0.4, -0.2) is 25.7 Å². The van der Waals surface area contributed by atoms with E-state index in [0.717, 1.165) is 24.2 Å². The molecule has 0 saturated heterocycles. The summed E-state index contributed by atoms with van der Waals surface area (Å²) in [6.07, 6.45) is 3.23. The zero-order valence-electron chi connectivity index (χ0n) is 15.1. The van der Waals surface area contributed by atoms with Gasteiger partial charge in [0.05, 0.1) is 19.8 Å². The molecule has 1 aromatic carbocycles. The Kier molecular flexibility index (Phi) is 11.3. The smallest absolute Gasteiger partial charge is 0.220 e. The summed E-state index contributed by atoms with van der Waals surface area (Å²) < 4.78 is 11.1. The fraction of sp³-hybridized carbons (Fsp3) is 0.611. The number of halogens is 1. The quantitative estimate of drug-likeness (QED) is 0.627. The first-order valence-electron chi connectivity index (χ1n) is 8.33. The highest BCUT2D eigenvalue weighted by atomic mass is 35.5. The second-order valence-corrected chi connectivity index (χ2v) is 5.92. The molecular formula is C18H31ClN2O3. The second kappa shape index (κ2) is 12.0. The molecule has 5 nitrogen and oxygen atoms in total. The molecule has 2 unspecified atom stereocenters. The maximum Gasteiger partial charge on any atom is 0.220 e. The molecule has 1 aromatic rings. The molecule has 0 aliphatic heterocycles. The van der Waals surface area contributed by atoms with E-state index in [0.29, 0.717) is 25.2 Å². The van der Waals surface area contributed by atoms with Crippen LogP contribution in [0.1, 0.15) is 58.1 Å². The fourth-order valence-electron chi connectivity index (χ4n) is 2.15. The minimum absolute atomic E-state index is 0. The number of carbonyl (C=O) groups excluding carboxylic acids is 1. The van der Waals surface area contributed by atoms with Crippen LogP contribution in [0.4, 0.5) is 0 Å². The van der Waals surface area contributed by atoms with Crippen LogP contribution in [0.25, 0.3) is 0 Å². The van der Waals surface area contributed by atoms with Crippen LogP contribution in [0.3, 0.4) is 0 Å². The van der Waals surface area contributed by atoms with E-state index in [-0.39, 0.29) is 30.4 Å².